The summed E-state index contributed by atoms with van der Waals surface area (Å²) in [6, 6.07) is 9.44. The fourth-order valence-corrected chi connectivity index (χ4v) is 2.02. The highest BCUT2D eigenvalue weighted by Gasteiger charge is 2.11. The summed E-state index contributed by atoms with van der Waals surface area (Å²) in [4.78, 5) is 4.01. The maximum absolute atomic E-state index is 9.81. The van der Waals surface area contributed by atoms with E-state index in [2.05, 4.69) is 15.2 Å². The van der Waals surface area contributed by atoms with E-state index in [9.17, 15) is 5.11 Å². The molecule has 0 aliphatic heterocycles. The number of phenolic OH excluding ortho intramolecular Hbond substituents is 1. The summed E-state index contributed by atoms with van der Waals surface area (Å²) in [5, 5.41) is 17.0. The monoisotopic (exact) mass is 251 g/mol. The number of rotatable bonds is 2. The molecule has 2 aromatic heterocycles. The molecule has 0 fully saturated rings. The highest BCUT2D eigenvalue weighted by Crippen LogP contribution is 2.32. The van der Waals surface area contributed by atoms with Gasteiger partial charge in [-0.1, -0.05) is 12.1 Å². The maximum Gasteiger partial charge on any atom is 0.119 e. The number of hydrogen-bond donors (Lipinski definition) is 2. The Kier molecular flexibility index (Phi) is 2.76. The van der Waals surface area contributed by atoms with E-state index in [0.29, 0.717) is 0 Å². The molecule has 1 aromatic carbocycles. The Bertz CT molecular complexity index is 704. The van der Waals surface area contributed by atoms with Gasteiger partial charge in [0.2, 0.25) is 0 Å². The van der Waals surface area contributed by atoms with Gasteiger partial charge in [-0.2, -0.15) is 5.10 Å². The van der Waals surface area contributed by atoms with E-state index in [1.807, 2.05) is 37.4 Å². The Morgan fingerprint density at radius 3 is 2.58 bits per heavy atom. The summed E-state index contributed by atoms with van der Waals surface area (Å²) in [6.45, 7) is 1.87. The van der Waals surface area contributed by atoms with Gasteiger partial charge in [-0.3, -0.25) is 10.1 Å². The zero-order valence-corrected chi connectivity index (χ0v) is 10.5. The minimum atomic E-state index is 0.279. The Morgan fingerprint density at radius 1 is 1.05 bits per heavy atom. The molecular formula is C15H13N3O. The van der Waals surface area contributed by atoms with Crippen LogP contribution in [-0.2, 0) is 0 Å². The van der Waals surface area contributed by atoms with E-state index >= 15 is 0 Å². The van der Waals surface area contributed by atoms with Crippen LogP contribution >= 0.6 is 0 Å². The summed E-state index contributed by atoms with van der Waals surface area (Å²) < 4.78 is 0. The van der Waals surface area contributed by atoms with Crippen LogP contribution in [0.5, 0.6) is 5.75 Å². The maximum atomic E-state index is 9.81. The summed E-state index contributed by atoms with van der Waals surface area (Å²) >= 11 is 0. The molecule has 0 unspecified atom stereocenters. The number of aromatic nitrogens is 3. The largest absolute Gasteiger partial charge is 0.508 e. The Labute approximate surface area is 110 Å². The zero-order chi connectivity index (χ0) is 13.2. The Hall–Kier alpha value is -2.62. The number of benzene rings is 1. The molecule has 2 N–H and O–H groups in total. The molecule has 94 valence electrons. The average molecular weight is 251 g/mol. The van der Waals surface area contributed by atoms with E-state index in [-0.39, 0.29) is 5.75 Å². The van der Waals surface area contributed by atoms with Gasteiger partial charge in [0.25, 0.3) is 0 Å². The van der Waals surface area contributed by atoms with Crippen molar-refractivity contribution in [3.8, 4) is 28.1 Å². The number of H-pyrrole nitrogens is 1. The van der Waals surface area contributed by atoms with Crippen LogP contribution in [0.15, 0.2) is 48.9 Å². The van der Waals surface area contributed by atoms with Crippen LogP contribution in [0.1, 0.15) is 5.56 Å². The van der Waals surface area contributed by atoms with E-state index in [0.717, 1.165) is 27.9 Å². The van der Waals surface area contributed by atoms with Gasteiger partial charge >= 0.3 is 0 Å². The summed E-state index contributed by atoms with van der Waals surface area (Å²) in [7, 11) is 0. The van der Waals surface area contributed by atoms with Crippen LogP contribution in [0.4, 0.5) is 0 Å². The molecule has 0 amide bonds. The van der Waals surface area contributed by atoms with Crippen LogP contribution in [0.2, 0.25) is 0 Å². The van der Waals surface area contributed by atoms with Crippen molar-refractivity contribution in [2.75, 3.05) is 0 Å². The van der Waals surface area contributed by atoms with Gasteiger partial charge in [-0.25, -0.2) is 0 Å². The topological polar surface area (TPSA) is 61.8 Å². The molecule has 4 heteroatoms. The predicted octanol–water partition coefficient (Wildman–Crippen LogP) is 3.15. The molecule has 0 aliphatic rings. The zero-order valence-electron chi connectivity index (χ0n) is 10.5. The summed E-state index contributed by atoms with van der Waals surface area (Å²) in [6.07, 6.45) is 5.35. The number of aromatic hydroxyl groups is 1. The molecule has 0 atom stereocenters. The quantitative estimate of drug-likeness (QED) is 0.735. The van der Waals surface area contributed by atoms with Gasteiger partial charge in [0.05, 0.1) is 5.69 Å². The van der Waals surface area contributed by atoms with Gasteiger partial charge < -0.3 is 5.11 Å². The molecule has 0 spiro atoms. The van der Waals surface area contributed by atoms with Crippen molar-refractivity contribution in [3.05, 3.63) is 54.5 Å². The standard InChI is InChI=1S/C15H13N3O/c1-10-2-3-12(8-14(10)19)15-13(9-17-18-15)11-4-6-16-7-5-11/h2-9,19H,1H3,(H,17,18). The summed E-state index contributed by atoms with van der Waals surface area (Å²) in [5.74, 6) is 0.279. The van der Waals surface area contributed by atoms with Gasteiger partial charge in [-0.15, -0.1) is 0 Å². The molecule has 0 saturated carbocycles. The SMILES string of the molecule is Cc1ccc(-c2n[nH]cc2-c2ccncc2)cc1O. The fraction of sp³-hybridized carbons (Fsp3) is 0.0667. The first kappa shape index (κ1) is 11.5. The predicted molar refractivity (Wildman–Crippen MR) is 73.7 cm³/mol. The molecule has 2 heterocycles. The highest BCUT2D eigenvalue weighted by atomic mass is 16.3. The summed E-state index contributed by atoms with van der Waals surface area (Å²) in [5.41, 5.74) is 4.59. The molecule has 0 aliphatic carbocycles. The third kappa shape index (κ3) is 2.08. The van der Waals surface area contributed by atoms with Crippen molar-refractivity contribution < 1.29 is 5.11 Å². The smallest absolute Gasteiger partial charge is 0.119 e. The molecule has 3 rings (SSSR count). The van der Waals surface area contributed by atoms with E-state index in [1.54, 1.807) is 18.5 Å². The Balaban J connectivity index is 2.12. The number of phenols is 1. The van der Waals surface area contributed by atoms with Crippen molar-refractivity contribution >= 4 is 0 Å². The van der Waals surface area contributed by atoms with E-state index in [4.69, 9.17) is 0 Å². The number of aryl methyl sites for hydroxylation is 1. The van der Waals surface area contributed by atoms with Gasteiger partial charge in [-0.05, 0) is 36.2 Å². The third-order valence-electron chi connectivity index (χ3n) is 3.11. The van der Waals surface area contributed by atoms with Gasteiger partial charge in [0.1, 0.15) is 5.75 Å². The molecule has 0 saturated heterocycles. The molecule has 19 heavy (non-hydrogen) atoms. The second-order valence-electron chi connectivity index (χ2n) is 4.38. The first-order valence-electron chi connectivity index (χ1n) is 6.00. The lowest BCUT2D eigenvalue weighted by Gasteiger charge is -2.04. The van der Waals surface area contributed by atoms with Crippen molar-refractivity contribution in [1.82, 2.24) is 15.2 Å². The van der Waals surface area contributed by atoms with Crippen LogP contribution in [0.3, 0.4) is 0 Å². The van der Waals surface area contributed by atoms with Crippen molar-refractivity contribution in [3.63, 3.8) is 0 Å². The number of nitrogens with one attached hydrogen (secondary N) is 1. The minimum absolute atomic E-state index is 0.279. The number of hydrogen-bond acceptors (Lipinski definition) is 3. The molecule has 4 nitrogen and oxygen atoms in total. The van der Waals surface area contributed by atoms with Crippen LogP contribution in [0, 0.1) is 6.92 Å². The van der Waals surface area contributed by atoms with Gasteiger partial charge in [0.15, 0.2) is 0 Å². The number of nitrogens with zero attached hydrogens (tertiary/aromatic N) is 2. The highest BCUT2D eigenvalue weighted by molar-refractivity contribution is 5.80. The normalized spacial score (nSPS) is 10.6. The van der Waals surface area contributed by atoms with Crippen molar-refractivity contribution in [2.45, 2.75) is 6.92 Å². The molecular weight excluding hydrogens is 238 g/mol. The molecule has 0 bridgehead atoms. The van der Waals surface area contributed by atoms with Crippen LogP contribution in [0.25, 0.3) is 22.4 Å². The van der Waals surface area contributed by atoms with E-state index < -0.39 is 0 Å². The first-order chi connectivity index (χ1) is 9.25. The number of aromatic amines is 1. The minimum Gasteiger partial charge on any atom is -0.508 e. The van der Waals surface area contributed by atoms with Crippen LogP contribution in [-0.4, -0.2) is 20.3 Å². The fourth-order valence-electron chi connectivity index (χ4n) is 2.02. The second-order valence-corrected chi connectivity index (χ2v) is 4.38. The Morgan fingerprint density at radius 2 is 1.84 bits per heavy atom. The third-order valence-corrected chi connectivity index (χ3v) is 3.11. The van der Waals surface area contributed by atoms with Gasteiger partial charge in [0, 0.05) is 29.7 Å². The van der Waals surface area contributed by atoms with E-state index in [1.165, 1.54) is 0 Å². The number of pyridine rings is 1. The average Bonchev–Trinajstić information content (AvgIpc) is 2.92. The van der Waals surface area contributed by atoms with Crippen molar-refractivity contribution in [2.24, 2.45) is 0 Å². The molecule has 0 radical (unpaired) electrons. The van der Waals surface area contributed by atoms with Crippen LogP contribution < -0.4 is 0 Å². The van der Waals surface area contributed by atoms with Crippen molar-refractivity contribution in [1.29, 1.82) is 0 Å². The molecule has 3 aromatic rings. The lowest BCUT2D eigenvalue weighted by atomic mass is 10.0. The lowest BCUT2D eigenvalue weighted by molar-refractivity contribution is 0.471. The lowest BCUT2D eigenvalue weighted by Crippen LogP contribution is -1.84. The first-order valence-corrected chi connectivity index (χ1v) is 6.00. The second kappa shape index (κ2) is 4.57.